The molecule has 3 aliphatic rings. The molecule has 0 saturated carbocycles. The van der Waals surface area contributed by atoms with Crippen LogP contribution in [-0.2, 0) is 13.3 Å². The highest BCUT2D eigenvalue weighted by molar-refractivity contribution is 6.66. The average Bonchev–Trinajstić information content (AvgIpc) is 2.21. The third kappa shape index (κ3) is 2.63. The minimum Gasteiger partial charge on any atom is -0.368 e. The monoisotopic (exact) mass is 257 g/mol. The molecule has 0 aromatic rings. The van der Waals surface area contributed by atoms with Crippen molar-refractivity contribution in [3.8, 4) is 0 Å². The first-order chi connectivity index (χ1) is 7.87. The topological polar surface area (TPSA) is 30.9 Å². The molecule has 3 saturated heterocycles. The molecule has 2 atom stereocenters. The predicted molar refractivity (Wildman–Crippen MR) is 68.6 cm³/mol. The highest BCUT2D eigenvalue weighted by Gasteiger charge is 2.48. The zero-order valence-corrected chi connectivity index (χ0v) is 12.2. The lowest BCUT2D eigenvalue weighted by Gasteiger charge is -2.49. The normalized spacial score (nSPS) is 45.8. The summed E-state index contributed by atoms with van der Waals surface area (Å²) in [7, 11) is -2.68. The first kappa shape index (κ1) is 13.2. The van der Waals surface area contributed by atoms with Gasteiger partial charge in [0.15, 0.2) is 0 Å². The summed E-state index contributed by atoms with van der Waals surface area (Å²) in [5.41, 5.74) is 1.79. The Hall–Kier alpha value is -0.203. The van der Waals surface area contributed by atoms with Crippen LogP contribution >= 0.6 is 0 Å². The maximum atomic E-state index is 6.00. The van der Waals surface area contributed by atoms with Gasteiger partial charge in [-0.05, 0) is 33.4 Å². The number of hydrogen-bond donors (Lipinski definition) is 0. The summed E-state index contributed by atoms with van der Waals surface area (Å²) in [5.74, 6) is 0. The van der Waals surface area contributed by atoms with E-state index in [1.165, 1.54) is 0 Å². The Bertz CT molecular complexity index is 294. The van der Waals surface area contributed by atoms with Crippen LogP contribution in [0.25, 0.3) is 0 Å². The van der Waals surface area contributed by atoms with Crippen molar-refractivity contribution >= 4 is 8.80 Å². The Morgan fingerprint density at radius 3 is 2.24 bits per heavy atom. The highest BCUT2D eigenvalue weighted by atomic mass is 28.4. The molecule has 0 spiro atoms. The second-order valence-corrected chi connectivity index (χ2v) is 8.05. The van der Waals surface area contributed by atoms with Gasteiger partial charge in [-0.2, -0.15) is 0 Å². The van der Waals surface area contributed by atoms with Gasteiger partial charge >= 0.3 is 8.80 Å². The molecule has 98 valence electrons. The SMILES string of the molecule is C=C[Si]12OCC(C)(C)N(CC(C)O1)CC(C)O2. The van der Waals surface area contributed by atoms with E-state index in [9.17, 15) is 0 Å². The number of hydrogen-bond acceptors (Lipinski definition) is 4. The van der Waals surface area contributed by atoms with E-state index in [2.05, 4.69) is 39.2 Å². The molecule has 0 amide bonds. The molecule has 2 unspecified atom stereocenters. The molecule has 0 aromatic heterocycles. The number of nitrogens with zero attached hydrogens (tertiary/aromatic N) is 1. The lowest BCUT2D eigenvalue weighted by molar-refractivity contribution is -0.0958. The Balaban J connectivity index is 2.34. The standard InChI is InChI=1S/C12H23NO3Si/c1-6-17-14-9-12(4,5)13(7-10(2)15-17)8-11(3)16-17/h6,10-11H,1,7-9H2,2-5H3. The van der Waals surface area contributed by atoms with Gasteiger partial charge in [-0.25, -0.2) is 0 Å². The molecule has 4 nitrogen and oxygen atoms in total. The maximum Gasteiger partial charge on any atom is 0.529 e. The molecular formula is C12H23NO3Si. The van der Waals surface area contributed by atoms with Crippen molar-refractivity contribution in [2.45, 2.75) is 45.4 Å². The van der Waals surface area contributed by atoms with Crippen LogP contribution in [0.3, 0.4) is 0 Å². The Kier molecular flexibility index (Phi) is 3.48. The van der Waals surface area contributed by atoms with E-state index in [1.807, 2.05) is 0 Å². The molecule has 3 aliphatic heterocycles. The van der Waals surface area contributed by atoms with E-state index < -0.39 is 8.80 Å². The minimum absolute atomic E-state index is 0.0251. The third-order valence-corrected chi connectivity index (χ3v) is 5.93. The van der Waals surface area contributed by atoms with Crippen molar-refractivity contribution in [2.75, 3.05) is 19.7 Å². The van der Waals surface area contributed by atoms with Gasteiger partial charge in [0.1, 0.15) is 0 Å². The Labute approximate surface area is 105 Å². The molecule has 0 aliphatic carbocycles. The van der Waals surface area contributed by atoms with Crippen molar-refractivity contribution in [3.63, 3.8) is 0 Å². The van der Waals surface area contributed by atoms with Crippen molar-refractivity contribution < 1.29 is 13.3 Å². The maximum absolute atomic E-state index is 6.00. The first-order valence-electron chi connectivity index (χ1n) is 6.25. The second-order valence-electron chi connectivity index (χ2n) is 5.67. The zero-order valence-electron chi connectivity index (χ0n) is 11.2. The summed E-state index contributed by atoms with van der Waals surface area (Å²) in [6.45, 7) is 14.9. The summed E-state index contributed by atoms with van der Waals surface area (Å²) >= 11 is 0. The number of fused-ring (bicyclic) bond motifs is 6. The van der Waals surface area contributed by atoms with Gasteiger partial charge < -0.3 is 13.3 Å². The van der Waals surface area contributed by atoms with Gasteiger partial charge in [0.2, 0.25) is 0 Å². The molecule has 3 heterocycles. The Morgan fingerprint density at radius 2 is 1.76 bits per heavy atom. The number of rotatable bonds is 1. The quantitative estimate of drug-likeness (QED) is 0.668. The second kappa shape index (κ2) is 4.48. The fourth-order valence-corrected chi connectivity index (χ4v) is 4.77. The van der Waals surface area contributed by atoms with Crippen molar-refractivity contribution in [1.29, 1.82) is 0 Å². The molecule has 0 aromatic carbocycles. The Morgan fingerprint density at radius 1 is 1.24 bits per heavy atom. The molecule has 0 N–H and O–H groups in total. The molecule has 2 bridgehead atoms. The molecule has 0 radical (unpaired) electrons. The molecule has 5 heteroatoms. The summed E-state index contributed by atoms with van der Waals surface area (Å²) in [6.07, 6.45) is 0.235. The van der Waals surface area contributed by atoms with Crippen LogP contribution < -0.4 is 0 Å². The fourth-order valence-electron chi connectivity index (χ4n) is 2.44. The fraction of sp³-hybridized carbons (Fsp3) is 0.833. The van der Waals surface area contributed by atoms with Crippen LogP contribution in [0, 0.1) is 0 Å². The summed E-state index contributed by atoms with van der Waals surface area (Å²) < 4.78 is 18.0. The van der Waals surface area contributed by atoms with E-state index in [4.69, 9.17) is 13.3 Å². The third-order valence-electron chi connectivity index (χ3n) is 3.42. The van der Waals surface area contributed by atoms with Gasteiger partial charge in [-0.1, -0.05) is 6.58 Å². The van der Waals surface area contributed by atoms with Crippen molar-refractivity contribution in [3.05, 3.63) is 12.3 Å². The van der Waals surface area contributed by atoms with Crippen LogP contribution in [0.4, 0.5) is 0 Å². The van der Waals surface area contributed by atoms with E-state index >= 15 is 0 Å². The van der Waals surface area contributed by atoms with E-state index in [-0.39, 0.29) is 17.7 Å². The summed E-state index contributed by atoms with van der Waals surface area (Å²) in [4.78, 5) is 2.39. The van der Waals surface area contributed by atoms with Crippen LogP contribution in [-0.4, -0.2) is 51.1 Å². The van der Waals surface area contributed by atoms with E-state index in [0.29, 0.717) is 6.61 Å². The van der Waals surface area contributed by atoms with E-state index in [1.54, 1.807) is 5.70 Å². The van der Waals surface area contributed by atoms with Gasteiger partial charge in [-0.3, -0.25) is 4.90 Å². The largest absolute Gasteiger partial charge is 0.529 e. The highest BCUT2D eigenvalue weighted by Crippen LogP contribution is 2.29. The lowest BCUT2D eigenvalue weighted by Crippen LogP contribution is -2.64. The van der Waals surface area contributed by atoms with Gasteiger partial charge in [0.05, 0.1) is 18.8 Å². The van der Waals surface area contributed by atoms with Gasteiger partial charge in [-0.15, -0.1) is 0 Å². The zero-order chi connectivity index (χ0) is 12.7. The van der Waals surface area contributed by atoms with Crippen LogP contribution in [0.1, 0.15) is 27.7 Å². The van der Waals surface area contributed by atoms with Crippen LogP contribution in [0.15, 0.2) is 12.3 Å². The summed E-state index contributed by atoms with van der Waals surface area (Å²) in [6, 6.07) is 0. The van der Waals surface area contributed by atoms with E-state index in [0.717, 1.165) is 13.1 Å². The smallest absolute Gasteiger partial charge is 0.368 e. The van der Waals surface area contributed by atoms with Crippen LogP contribution in [0.5, 0.6) is 0 Å². The minimum atomic E-state index is -2.68. The van der Waals surface area contributed by atoms with Gasteiger partial charge in [0, 0.05) is 18.6 Å². The average molecular weight is 257 g/mol. The predicted octanol–water partition coefficient (Wildman–Crippen LogP) is 1.59. The molecule has 3 fully saturated rings. The molecule has 17 heavy (non-hydrogen) atoms. The molecule has 3 rings (SSSR count). The molecular weight excluding hydrogens is 234 g/mol. The van der Waals surface area contributed by atoms with Gasteiger partial charge in [0.25, 0.3) is 0 Å². The van der Waals surface area contributed by atoms with Crippen molar-refractivity contribution in [1.82, 2.24) is 4.90 Å². The van der Waals surface area contributed by atoms with Crippen LogP contribution in [0.2, 0.25) is 0 Å². The lowest BCUT2D eigenvalue weighted by atomic mass is 10.0. The first-order valence-corrected chi connectivity index (χ1v) is 8.05. The van der Waals surface area contributed by atoms with Crippen molar-refractivity contribution in [2.24, 2.45) is 0 Å². The summed E-state index contributed by atoms with van der Waals surface area (Å²) in [5, 5.41) is 0.